The van der Waals surface area contributed by atoms with E-state index in [1.165, 1.54) is 0 Å². The van der Waals surface area contributed by atoms with Crippen LogP contribution in [0.4, 0.5) is 0 Å². The molecule has 0 aromatic carbocycles. The first-order valence-corrected chi connectivity index (χ1v) is 14.0. The Morgan fingerprint density at radius 3 is 1.21 bits per heavy atom. The number of rotatable bonds is 4. The highest BCUT2D eigenvalue weighted by Crippen LogP contribution is 2.19. The Morgan fingerprint density at radius 1 is 0.786 bits per heavy atom. The summed E-state index contributed by atoms with van der Waals surface area (Å²) in [5.41, 5.74) is 2.76. The largest absolute Gasteiger partial charge is 0.428 e. The van der Waals surface area contributed by atoms with E-state index in [0.717, 1.165) is 0 Å². The Morgan fingerprint density at radius 2 is 1.07 bits per heavy atom. The Balaban J connectivity index is 4.60. The summed E-state index contributed by atoms with van der Waals surface area (Å²) in [7, 11) is -5.54. The first kappa shape index (κ1) is 14.1. The highest BCUT2D eigenvalue weighted by molar-refractivity contribution is 6.91. The van der Waals surface area contributed by atoms with Crippen molar-refractivity contribution in [2.75, 3.05) is 0 Å². The summed E-state index contributed by atoms with van der Waals surface area (Å²) in [6, 6.07) is 0. The van der Waals surface area contributed by atoms with Crippen molar-refractivity contribution in [2.24, 2.45) is 0 Å². The lowest BCUT2D eigenvalue weighted by molar-refractivity contribution is 0.406. The second-order valence-electron chi connectivity index (χ2n) is 5.52. The van der Waals surface area contributed by atoms with Crippen LogP contribution < -0.4 is 0 Å². The second kappa shape index (κ2) is 4.33. The molecule has 82 valence electrons. The van der Waals surface area contributed by atoms with E-state index < -0.39 is 25.2 Å². The molecule has 0 heterocycles. The zero-order valence-corrected chi connectivity index (χ0v) is 13.4. The zero-order valence-electron chi connectivity index (χ0n) is 10.4. The maximum atomic E-state index is 6.00. The molecule has 0 saturated heterocycles. The average molecular weight is 247 g/mol. The summed E-state index contributed by atoms with van der Waals surface area (Å²) >= 11 is 0. The molecule has 0 rings (SSSR count). The lowest BCUT2D eigenvalue weighted by Gasteiger charge is -2.34. The Labute approximate surface area is 91.5 Å². The fraction of sp³-hybridized carbons (Fsp3) is 0.778. The lowest BCUT2D eigenvalue weighted by atomic mass is 11.4. The summed E-state index contributed by atoms with van der Waals surface area (Å²) in [5, 5.41) is 0. The quantitative estimate of drug-likeness (QED) is 0.561. The summed E-state index contributed by atoms with van der Waals surface area (Å²) in [6.45, 7) is 14.8. The van der Waals surface area contributed by atoms with E-state index in [1.54, 1.807) is 0 Å². The van der Waals surface area contributed by atoms with Crippen LogP contribution in [-0.2, 0) is 8.23 Å². The standard InChI is InChI=1S/C9H22O2Si3/c1-9-14(8,10-12(2,3)4)11-13(5,6)7/h1H,2-8H3. The van der Waals surface area contributed by atoms with Crippen molar-refractivity contribution in [3.63, 3.8) is 0 Å². The van der Waals surface area contributed by atoms with Crippen LogP contribution in [0, 0.1) is 12.0 Å². The van der Waals surface area contributed by atoms with Gasteiger partial charge < -0.3 is 8.23 Å². The highest BCUT2D eigenvalue weighted by atomic mass is 28.5. The van der Waals surface area contributed by atoms with E-state index in [2.05, 4.69) is 44.8 Å². The van der Waals surface area contributed by atoms with Gasteiger partial charge in [0.25, 0.3) is 0 Å². The molecule has 0 fully saturated rings. The monoisotopic (exact) mass is 246 g/mol. The van der Waals surface area contributed by atoms with Gasteiger partial charge in [0.05, 0.1) is 0 Å². The van der Waals surface area contributed by atoms with Crippen LogP contribution in [0.5, 0.6) is 0 Å². The third-order valence-electron chi connectivity index (χ3n) is 1.26. The second-order valence-corrected chi connectivity index (χ2v) is 17.8. The molecule has 0 unspecified atom stereocenters. The van der Waals surface area contributed by atoms with Crippen LogP contribution in [0.15, 0.2) is 0 Å². The first-order chi connectivity index (χ1) is 5.97. The van der Waals surface area contributed by atoms with Crippen LogP contribution in [0.1, 0.15) is 0 Å². The molecular weight excluding hydrogens is 224 g/mol. The van der Waals surface area contributed by atoms with Gasteiger partial charge in [0.2, 0.25) is 0 Å². The molecule has 5 heteroatoms. The van der Waals surface area contributed by atoms with Gasteiger partial charge in [0.15, 0.2) is 16.6 Å². The van der Waals surface area contributed by atoms with Gasteiger partial charge in [-0.15, -0.1) is 6.42 Å². The molecule has 0 amide bonds. The van der Waals surface area contributed by atoms with Crippen molar-refractivity contribution in [1.82, 2.24) is 0 Å². The SMILES string of the molecule is C#C[Si](C)(O[Si](C)(C)C)O[Si](C)(C)C. The third kappa shape index (κ3) is 6.56. The first-order valence-electron chi connectivity index (χ1n) is 4.86. The molecule has 0 N–H and O–H groups in total. The fourth-order valence-electron chi connectivity index (χ4n) is 1.25. The van der Waals surface area contributed by atoms with Crippen LogP contribution in [0.25, 0.3) is 0 Å². The van der Waals surface area contributed by atoms with E-state index in [4.69, 9.17) is 14.7 Å². The Hall–Kier alpha value is 0.131. The molecule has 14 heavy (non-hydrogen) atoms. The van der Waals surface area contributed by atoms with Gasteiger partial charge >= 0.3 is 8.56 Å². The number of terminal acetylenes is 1. The van der Waals surface area contributed by atoms with Crippen LogP contribution in [0.3, 0.4) is 0 Å². The van der Waals surface area contributed by atoms with Gasteiger partial charge in [-0.05, 0) is 45.8 Å². The maximum Gasteiger partial charge on any atom is 0.399 e. The van der Waals surface area contributed by atoms with Gasteiger partial charge in [-0.1, -0.05) is 5.54 Å². The zero-order chi connectivity index (χ0) is 11.6. The molecule has 0 atom stereocenters. The van der Waals surface area contributed by atoms with Crippen molar-refractivity contribution >= 4 is 25.2 Å². The molecule has 0 aliphatic rings. The van der Waals surface area contributed by atoms with Crippen LogP contribution in [0.2, 0.25) is 45.8 Å². The normalized spacial score (nSPS) is 13.9. The Bertz CT molecular complexity index is 216. The van der Waals surface area contributed by atoms with Crippen molar-refractivity contribution < 1.29 is 8.23 Å². The van der Waals surface area contributed by atoms with Gasteiger partial charge in [-0.2, -0.15) is 0 Å². The molecule has 2 nitrogen and oxygen atoms in total. The van der Waals surface area contributed by atoms with Gasteiger partial charge in [-0.3, -0.25) is 0 Å². The molecule has 0 aromatic rings. The third-order valence-corrected chi connectivity index (χ3v) is 9.80. The van der Waals surface area contributed by atoms with Gasteiger partial charge in [-0.25, -0.2) is 0 Å². The smallest absolute Gasteiger partial charge is 0.399 e. The fourth-order valence-corrected chi connectivity index (χ4v) is 11.6. The van der Waals surface area contributed by atoms with E-state index in [0.29, 0.717) is 0 Å². The number of hydrogen-bond acceptors (Lipinski definition) is 2. The van der Waals surface area contributed by atoms with E-state index in [1.807, 2.05) is 6.55 Å². The van der Waals surface area contributed by atoms with Crippen molar-refractivity contribution in [2.45, 2.75) is 45.8 Å². The Kier molecular flexibility index (Phi) is 4.37. The predicted octanol–water partition coefficient (Wildman–Crippen LogP) is 2.93. The van der Waals surface area contributed by atoms with E-state index in [-0.39, 0.29) is 0 Å². The van der Waals surface area contributed by atoms with Crippen molar-refractivity contribution in [1.29, 1.82) is 0 Å². The minimum absolute atomic E-state index is 1.60. The molecule has 0 radical (unpaired) electrons. The van der Waals surface area contributed by atoms with Gasteiger partial charge in [0, 0.05) is 0 Å². The molecule has 0 bridgehead atoms. The molecule has 0 spiro atoms. The molecule has 0 aliphatic heterocycles. The lowest BCUT2D eigenvalue weighted by Crippen LogP contribution is -2.51. The van der Waals surface area contributed by atoms with Gasteiger partial charge in [0.1, 0.15) is 0 Å². The summed E-state index contributed by atoms with van der Waals surface area (Å²) in [6.07, 6.45) is 5.53. The molecule has 0 aliphatic carbocycles. The summed E-state index contributed by atoms with van der Waals surface area (Å²) < 4.78 is 12.0. The maximum absolute atomic E-state index is 6.00. The van der Waals surface area contributed by atoms with E-state index >= 15 is 0 Å². The van der Waals surface area contributed by atoms with Crippen LogP contribution >= 0.6 is 0 Å². The predicted molar refractivity (Wildman–Crippen MR) is 69.3 cm³/mol. The van der Waals surface area contributed by atoms with E-state index in [9.17, 15) is 0 Å². The number of hydrogen-bond donors (Lipinski definition) is 0. The summed E-state index contributed by atoms with van der Waals surface area (Å²) in [4.78, 5) is 0. The minimum atomic E-state index is -2.34. The average Bonchev–Trinajstić information content (AvgIpc) is 1.78. The molecular formula is C9H22O2Si3. The van der Waals surface area contributed by atoms with Crippen LogP contribution in [-0.4, -0.2) is 25.2 Å². The van der Waals surface area contributed by atoms with Crippen molar-refractivity contribution in [3.05, 3.63) is 0 Å². The summed E-state index contributed by atoms with van der Waals surface area (Å²) in [5.74, 6) is 0. The highest BCUT2D eigenvalue weighted by Gasteiger charge is 2.39. The molecule has 0 saturated carbocycles. The minimum Gasteiger partial charge on any atom is -0.428 e. The molecule has 0 aromatic heterocycles. The van der Waals surface area contributed by atoms with Crippen molar-refractivity contribution in [3.8, 4) is 12.0 Å². The topological polar surface area (TPSA) is 18.5 Å².